The number of furan rings is 1. The fourth-order valence-electron chi connectivity index (χ4n) is 2.84. The number of nitrogens with zero attached hydrogens (tertiary/aromatic N) is 2. The number of carbonyl (C=O) groups is 1. The minimum Gasteiger partial charge on any atom is -0.466 e. The van der Waals surface area contributed by atoms with Crippen LogP contribution in [0, 0.1) is 19.7 Å². The highest BCUT2D eigenvalue weighted by atomic mass is 19.1. The number of aryl methyl sites for hydroxylation is 2. The van der Waals surface area contributed by atoms with Gasteiger partial charge in [0.1, 0.15) is 17.3 Å². The average molecular weight is 377 g/mol. The molecule has 4 aromatic rings. The van der Waals surface area contributed by atoms with Crippen LogP contribution < -0.4 is 5.32 Å². The van der Waals surface area contributed by atoms with E-state index in [2.05, 4.69) is 15.5 Å². The summed E-state index contributed by atoms with van der Waals surface area (Å²) in [5.41, 5.74) is 2.38. The Bertz CT molecular complexity index is 1150. The Kier molecular flexibility index (Phi) is 4.49. The Morgan fingerprint density at radius 3 is 2.54 bits per heavy atom. The van der Waals surface area contributed by atoms with Gasteiger partial charge in [-0.25, -0.2) is 4.39 Å². The first-order valence-corrected chi connectivity index (χ1v) is 8.58. The molecule has 0 saturated carbocycles. The van der Waals surface area contributed by atoms with Crippen LogP contribution in [-0.2, 0) is 0 Å². The standard InChI is InChI=1S/C21H16FN3O3/c1-12-10-18(13(2)27-12)20(26)23-17-5-3-4-15(11-17)19-24-21(28-25-19)14-6-8-16(22)9-7-14/h3-11H,1-2H3,(H,23,26). The van der Waals surface area contributed by atoms with Gasteiger partial charge in [-0.15, -0.1) is 0 Å². The number of rotatable bonds is 4. The first-order valence-electron chi connectivity index (χ1n) is 8.58. The Morgan fingerprint density at radius 1 is 1.04 bits per heavy atom. The molecule has 0 fully saturated rings. The summed E-state index contributed by atoms with van der Waals surface area (Å²) in [5, 5.41) is 6.81. The van der Waals surface area contributed by atoms with Crippen molar-refractivity contribution in [2.24, 2.45) is 0 Å². The molecule has 1 amide bonds. The van der Waals surface area contributed by atoms with Crippen LogP contribution in [0.2, 0.25) is 0 Å². The number of hydrogen-bond donors (Lipinski definition) is 1. The number of amides is 1. The van der Waals surface area contributed by atoms with Crippen LogP contribution in [-0.4, -0.2) is 16.0 Å². The Balaban J connectivity index is 1.56. The Morgan fingerprint density at radius 2 is 1.82 bits per heavy atom. The molecule has 0 spiro atoms. The van der Waals surface area contributed by atoms with Crippen molar-refractivity contribution < 1.29 is 18.1 Å². The molecular formula is C21H16FN3O3. The van der Waals surface area contributed by atoms with E-state index in [1.54, 1.807) is 50.2 Å². The summed E-state index contributed by atoms with van der Waals surface area (Å²) in [7, 11) is 0. The summed E-state index contributed by atoms with van der Waals surface area (Å²) in [5.74, 6) is 1.30. The number of halogens is 1. The lowest BCUT2D eigenvalue weighted by atomic mass is 10.1. The van der Waals surface area contributed by atoms with Crippen molar-refractivity contribution in [2.75, 3.05) is 5.32 Å². The highest BCUT2D eigenvalue weighted by Crippen LogP contribution is 2.25. The molecule has 2 heterocycles. The van der Waals surface area contributed by atoms with E-state index in [9.17, 15) is 9.18 Å². The molecule has 2 aromatic carbocycles. The molecule has 2 aromatic heterocycles. The van der Waals surface area contributed by atoms with Crippen molar-refractivity contribution in [3.8, 4) is 22.8 Å². The fourth-order valence-corrected chi connectivity index (χ4v) is 2.84. The van der Waals surface area contributed by atoms with Crippen molar-refractivity contribution >= 4 is 11.6 Å². The third kappa shape index (κ3) is 3.55. The zero-order valence-corrected chi connectivity index (χ0v) is 15.2. The molecule has 0 aliphatic heterocycles. The summed E-state index contributed by atoms with van der Waals surface area (Å²) in [6, 6.07) is 14.6. The highest BCUT2D eigenvalue weighted by Gasteiger charge is 2.15. The molecule has 0 atom stereocenters. The molecule has 0 bridgehead atoms. The van der Waals surface area contributed by atoms with Gasteiger partial charge in [-0.1, -0.05) is 17.3 Å². The number of carbonyl (C=O) groups excluding carboxylic acids is 1. The summed E-state index contributed by atoms with van der Waals surface area (Å²) >= 11 is 0. The van der Waals surface area contributed by atoms with E-state index in [1.807, 2.05) is 6.07 Å². The topological polar surface area (TPSA) is 81.2 Å². The molecule has 0 saturated heterocycles. The van der Waals surface area contributed by atoms with Gasteiger partial charge in [0.15, 0.2) is 0 Å². The van der Waals surface area contributed by atoms with Gasteiger partial charge in [0.2, 0.25) is 5.82 Å². The highest BCUT2D eigenvalue weighted by molar-refractivity contribution is 6.05. The van der Waals surface area contributed by atoms with Crippen LogP contribution in [0.15, 0.2) is 63.5 Å². The lowest BCUT2D eigenvalue weighted by molar-refractivity contribution is 0.102. The van der Waals surface area contributed by atoms with Crippen LogP contribution in [0.4, 0.5) is 10.1 Å². The lowest BCUT2D eigenvalue weighted by Gasteiger charge is -2.05. The summed E-state index contributed by atoms with van der Waals surface area (Å²) in [6.07, 6.45) is 0. The average Bonchev–Trinajstić information content (AvgIpc) is 3.29. The molecule has 140 valence electrons. The van der Waals surface area contributed by atoms with Gasteiger partial charge in [0.05, 0.1) is 5.56 Å². The van der Waals surface area contributed by atoms with Crippen molar-refractivity contribution in [2.45, 2.75) is 13.8 Å². The molecule has 0 radical (unpaired) electrons. The van der Waals surface area contributed by atoms with E-state index >= 15 is 0 Å². The monoisotopic (exact) mass is 377 g/mol. The zero-order chi connectivity index (χ0) is 19.7. The van der Waals surface area contributed by atoms with Gasteiger partial charge < -0.3 is 14.3 Å². The van der Waals surface area contributed by atoms with E-state index in [1.165, 1.54) is 12.1 Å². The summed E-state index contributed by atoms with van der Waals surface area (Å²) in [4.78, 5) is 16.8. The van der Waals surface area contributed by atoms with Crippen molar-refractivity contribution in [3.05, 3.63) is 77.5 Å². The molecule has 0 aliphatic rings. The quantitative estimate of drug-likeness (QED) is 0.541. The summed E-state index contributed by atoms with van der Waals surface area (Å²) in [6.45, 7) is 3.54. The largest absolute Gasteiger partial charge is 0.466 e. The van der Waals surface area contributed by atoms with Crippen molar-refractivity contribution in [1.29, 1.82) is 0 Å². The zero-order valence-electron chi connectivity index (χ0n) is 15.2. The maximum absolute atomic E-state index is 13.1. The molecular weight excluding hydrogens is 361 g/mol. The molecule has 28 heavy (non-hydrogen) atoms. The van der Waals surface area contributed by atoms with Gasteiger partial charge in [-0.3, -0.25) is 4.79 Å². The minimum absolute atomic E-state index is 0.258. The van der Waals surface area contributed by atoms with Crippen LogP contribution in [0.25, 0.3) is 22.8 Å². The number of anilines is 1. The van der Waals surface area contributed by atoms with E-state index in [-0.39, 0.29) is 17.6 Å². The predicted molar refractivity (Wildman–Crippen MR) is 101 cm³/mol. The molecule has 6 nitrogen and oxygen atoms in total. The Labute approximate surface area is 160 Å². The van der Waals surface area contributed by atoms with Crippen LogP contribution in [0.5, 0.6) is 0 Å². The predicted octanol–water partition coefficient (Wildman–Crippen LogP) is 5.00. The van der Waals surface area contributed by atoms with Gasteiger partial charge >= 0.3 is 0 Å². The summed E-state index contributed by atoms with van der Waals surface area (Å²) < 4.78 is 23.7. The van der Waals surface area contributed by atoms with E-state index in [4.69, 9.17) is 8.94 Å². The first-order chi connectivity index (χ1) is 13.5. The molecule has 4 rings (SSSR count). The third-order valence-corrected chi connectivity index (χ3v) is 4.18. The maximum atomic E-state index is 13.1. The molecule has 0 unspecified atom stereocenters. The number of benzene rings is 2. The van der Waals surface area contributed by atoms with Gasteiger partial charge in [-0.2, -0.15) is 4.98 Å². The van der Waals surface area contributed by atoms with E-state index in [0.29, 0.717) is 39.7 Å². The first kappa shape index (κ1) is 17.7. The van der Waals surface area contributed by atoms with Crippen LogP contribution in [0.3, 0.4) is 0 Å². The number of nitrogens with one attached hydrogen (secondary N) is 1. The van der Waals surface area contributed by atoms with Gasteiger partial charge in [-0.05, 0) is 56.3 Å². The third-order valence-electron chi connectivity index (χ3n) is 4.18. The fraction of sp³-hybridized carbons (Fsp3) is 0.0952. The van der Waals surface area contributed by atoms with E-state index in [0.717, 1.165) is 0 Å². The van der Waals surface area contributed by atoms with Crippen LogP contribution in [0.1, 0.15) is 21.9 Å². The van der Waals surface area contributed by atoms with Gasteiger partial charge in [0.25, 0.3) is 11.8 Å². The normalized spacial score (nSPS) is 10.8. The second-order valence-electron chi connectivity index (χ2n) is 6.29. The number of hydrogen-bond acceptors (Lipinski definition) is 5. The second-order valence-corrected chi connectivity index (χ2v) is 6.29. The van der Waals surface area contributed by atoms with E-state index < -0.39 is 0 Å². The number of aromatic nitrogens is 2. The SMILES string of the molecule is Cc1cc(C(=O)Nc2cccc(-c3noc(-c4ccc(F)cc4)n3)c2)c(C)o1. The molecule has 1 N–H and O–H groups in total. The minimum atomic E-state index is -0.338. The van der Waals surface area contributed by atoms with Crippen LogP contribution >= 0.6 is 0 Å². The molecule has 7 heteroatoms. The Hall–Kier alpha value is -3.74. The molecule has 0 aliphatic carbocycles. The van der Waals surface area contributed by atoms with Crippen molar-refractivity contribution in [1.82, 2.24) is 10.1 Å². The van der Waals surface area contributed by atoms with Gasteiger partial charge in [0, 0.05) is 16.8 Å². The van der Waals surface area contributed by atoms with Crippen molar-refractivity contribution in [3.63, 3.8) is 0 Å². The smallest absolute Gasteiger partial charge is 0.259 e. The second kappa shape index (κ2) is 7.11. The lowest BCUT2D eigenvalue weighted by Crippen LogP contribution is -2.12. The maximum Gasteiger partial charge on any atom is 0.259 e.